The molecule has 1 amide bonds. The number of hydrogen-bond acceptors (Lipinski definition) is 5. The second kappa shape index (κ2) is 8.24. The minimum Gasteiger partial charge on any atom is -0.486 e. The van der Waals surface area contributed by atoms with Gasteiger partial charge < -0.3 is 14.8 Å². The number of sulfonamides is 1. The lowest BCUT2D eigenvalue weighted by molar-refractivity contribution is -0.120. The van der Waals surface area contributed by atoms with Crippen LogP contribution in [0.3, 0.4) is 0 Å². The van der Waals surface area contributed by atoms with Gasteiger partial charge in [-0.25, -0.2) is 17.2 Å². The number of amides is 1. The summed E-state index contributed by atoms with van der Waals surface area (Å²) in [4.78, 5) is 12.5. The summed E-state index contributed by atoms with van der Waals surface area (Å²) in [6, 6.07) is 7.41. The van der Waals surface area contributed by atoms with Crippen LogP contribution in [0.2, 0.25) is 0 Å². The molecule has 1 atom stereocenters. The number of halogens is 2. The number of ether oxygens (including phenoxy) is 2. The molecule has 10 heteroatoms. The summed E-state index contributed by atoms with van der Waals surface area (Å²) in [7, 11) is -3.91. The van der Waals surface area contributed by atoms with E-state index in [0.29, 0.717) is 29.0 Å². The Bertz CT molecular complexity index is 1030. The standard InChI is InChI=1S/C19H20F2N2O5S/c1-12(13-3-6-17-18(9-13)28-8-7-27-17)22-19(24)11-23(29(2,25)26)14-4-5-15(20)16(21)10-14/h3-6,9-10,12H,7-8,11H2,1-2H3,(H,22,24)/t12-/m1/s1. The molecule has 0 saturated heterocycles. The topological polar surface area (TPSA) is 84.9 Å². The molecule has 0 aromatic heterocycles. The van der Waals surface area contributed by atoms with Gasteiger partial charge in [-0.15, -0.1) is 0 Å². The van der Waals surface area contributed by atoms with Gasteiger partial charge in [-0.2, -0.15) is 0 Å². The summed E-state index contributed by atoms with van der Waals surface area (Å²) in [6.45, 7) is 2.03. The normalized spacial score (nSPS) is 14.2. The van der Waals surface area contributed by atoms with E-state index >= 15 is 0 Å². The molecule has 156 valence electrons. The number of carbonyl (C=O) groups excluding carboxylic acids is 1. The van der Waals surface area contributed by atoms with E-state index in [1.54, 1.807) is 25.1 Å². The monoisotopic (exact) mass is 426 g/mol. The fourth-order valence-corrected chi connectivity index (χ4v) is 3.72. The molecule has 29 heavy (non-hydrogen) atoms. The van der Waals surface area contributed by atoms with Crippen LogP contribution in [0.5, 0.6) is 11.5 Å². The van der Waals surface area contributed by atoms with Crippen LogP contribution in [0.25, 0.3) is 0 Å². The van der Waals surface area contributed by atoms with Gasteiger partial charge in [0.25, 0.3) is 0 Å². The maximum atomic E-state index is 13.5. The quantitative estimate of drug-likeness (QED) is 0.767. The first-order valence-corrected chi connectivity index (χ1v) is 10.6. The fraction of sp³-hybridized carbons (Fsp3) is 0.316. The molecule has 1 N–H and O–H groups in total. The van der Waals surface area contributed by atoms with E-state index in [1.165, 1.54) is 0 Å². The third-order valence-corrected chi connectivity index (χ3v) is 5.46. The molecule has 0 bridgehead atoms. The molecule has 2 aromatic rings. The van der Waals surface area contributed by atoms with Crippen LogP contribution in [0.4, 0.5) is 14.5 Å². The third-order valence-electron chi connectivity index (χ3n) is 4.32. The van der Waals surface area contributed by atoms with Gasteiger partial charge in [0, 0.05) is 6.07 Å². The number of carbonyl (C=O) groups is 1. The van der Waals surface area contributed by atoms with Crippen molar-refractivity contribution in [3.63, 3.8) is 0 Å². The molecular weight excluding hydrogens is 406 g/mol. The zero-order valence-corrected chi connectivity index (χ0v) is 16.6. The predicted molar refractivity (Wildman–Crippen MR) is 103 cm³/mol. The number of anilines is 1. The lowest BCUT2D eigenvalue weighted by Gasteiger charge is -2.24. The minimum atomic E-state index is -3.91. The zero-order valence-electron chi connectivity index (χ0n) is 15.8. The Morgan fingerprint density at radius 1 is 1.10 bits per heavy atom. The average Bonchev–Trinajstić information content (AvgIpc) is 2.67. The Morgan fingerprint density at radius 3 is 2.45 bits per heavy atom. The molecule has 1 heterocycles. The number of benzene rings is 2. The van der Waals surface area contributed by atoms with Crippen molar-refractivity contribution in [2.45, 2.75) is 13.0 Å². The zero-order chi connectivity index (χ0) is 21.2. The van der Waals surface area contributed by atoms with Gasteiger partial charge in [0.15, 0.2) is 23.1 Å². The average molecular weight is 426 g/mol. The highest BCUT2D eigenvalue weighted by Crippen LogP contribution is 2.32. The molecule has 1 aliphatic rings. The summed E-state index contributed by atoms with van der Waals surface area (Å²) in [6.07, 6.45) is 0.881. The van der Waals surface area contributed by atoms with E-state index in [0.717, 1.165) is 30.0 Å². The Hall–Kier alpha value is -2.88. The maximum Gasteiger partial charge on any atom is 0.241 e. The highest BCUT2D eigenvalue weighted by atomic mass is 32.2. The summed E-state index contributed by atoms with van der Waals surface area (Å²) in [5, 5.41) is 2.69. The van der Waals surface area contributed by atoms with Gasteiger partial charge in [0.05, 0.1) is 18.0 Å². The summed E-state index contributed by atoms with van der Waals surface area (Å²) in [5.41, 5.74) is 0.592. The van der Waals surface area contributed by atoms with E-state index in [4.69, 9.17) is 9.47 Å². The van der Waals surface area contributed by atoms with Crippen LogP contribution in [-0.2, 0) is 14.8 Å². The van der Waals surface area contributed by atoms with Crippen LogP contribution >= 0.6 is 0 Å². The first kappa shape index (κ1) is 20.8. The molecule has 3 rings (SSSR count). The van der Waals surface area contributed by atoms with Crippen LogP contribution in [-0.4, -0.2) is 40.3 Å². The summed E-state index contributed by atoms with van der Waals surface area (Å²) in [5.74, 6) is -1.75. The van der Waals surface area contributed by atoms with Crippen molar-refractivity contribution >= 4 is 21.6 Å². The molecule has 0 radical (unpaired) electrons. The Kier molecular flexibility index (Phi) is 5.92. The maximum absolute atomic E-state index is 13.5. The van der Waals surface area contributed by atoms with Gasteiger partial charge in [0.1, 0.15) is 19.8 Å². The van der Waals surface area contributed by atoms with E-state index < -0.39 is 40.2 Å². The van der Waals surface area contributed by atoms with Crippen molar-refractivity contribution in [1.82, 2.24) is 5.32 Å². The number of nitrogens with zero attached hydrogens (tertiary/aromatic N) is 1. The molecule has 0 saturated carbocycles. The van der Waals surface area contributed by atoms with Crippen molar-refractivity contribution in [3.05, 3.63) is 53.6 Å². The van der Waals surface area contributed by atoms with Gasteiger partial charge in [-0.3, -0.25) is 9.10 Å². The lowest BCUT2D eigenvalue weighted by Crippen LogP contribution is -2.41. The Balaban J connectivity index is 1.74. The largest absolute Gasteiger partial charge is 0.486 e. The molecule has 0 spiro atoms. The molecule has 0 fully saturated rings. The lowest BCUT2D eigenvalue weighted by atomic mass is 10.1. The van der Waals surface area contributed by atoms with Gasteiger partial charge in [-0.1, -0.05) is 6.07 Å². The van der Waals surface area contributed by atoms with E-state index in [-0.39, 0.29) is 5.69 Å². The first-order chi connectivity index (χ1) is 13.6. The number of nitrogens with one attached hydrogen (secondary N) is 1. The van der Waals surface area contributed by atoms with Crippen molar-refractivity contribution in [2.24, 2.45) is 0 Å². The Morgan fingerprint density at radius 2 is 1.79 bits per heavy atom. The van der Waals surface area contributed by atoms with E-state index in [2.05, 4.69) is 5.32 Å². The fourth-order valence-electron chi connectivity index (χ4n) is 2.87. The van der Waals surface area contributed by atoms with Crippen LogP contribution in [0, 0.1) is 11.6 Å². The number of rotatable bonds is 6. The van der Waals surface area contributed by atoms with E-state index in [1.807, 2.05) is 0 Å². The van der Waals surface area contributed by atoms with Crippen molar-refractivity contribution in [2.75, 3.05) is 30.3 Å². The number of hydrogen-bond donors (Lipinski definition) is 1. The van der Waals surface area contributed by atoms with Gasteiger partial charge in [-0.05, 0) is 36.8 Å². The van der Waals surface area contributed by atoms with Crippen molar-refractivity contribution in [1.29, 1.82) is 0 Å². The van der Waals surface area contributed by atoms with Crippen LogP contribution < -0.4 is 19.1 Å². The smallest absolute Gasteiger partial charge is 0.241 e. The predicted octanol–water partition coefficient (Wildman–Crippen LogP) is 2.38. The highest BCUT2D eigenvalue weighted by Gasteiger charge is 2.23. The Labute approximate surface area is 167 Å². The first-order valence-electron chi connectivity index (χ1n) is 8.77. The highest BCUT2D eigenvalue weighted by molar-refractivity contribution is 7.92. The third kappa shape index (κ3) is 4.94. The molecule has 2 aromatic carbocycles. The molecule has 7 nitrogen and oxygen atoms in total. The molecule has 0 aliphatic carbocycles. The second-order valence-corrected chi connectivity index (χ2v) is 8.47. The molecular formula is C19H20F2N2O5S. The minimum absolute atomic E-state index is 0.145. The molecule has 0 unspecified atom stereocenters. The summed E-state index contributed by atoms with van der Waals surface area (Å²) >= 11 is 0. The van der Waals surface area contributed by atoms with Gasteiger partial charge in [0.2, 0.25) is 15.9 Å². The van der Waals surface area contributed by atoms with E-state index in [9.17, 15) is 22.0 Å². The summed E-state index contributed by atoms with van der Waals surface area (Å²) < 4.78 is 62.5. The second-order valence-electron chi connectivity index (χ2n) is 6.56. The SMILES string of the molecule is C[C@@H](NC(=O)CN(c1ccc(F)c(F)c1)S(C)(=O)=O)c1ccc2c(c1)OCCO2. The van der Waals surface area contributed by atoms with Crippen molar-refractivity contribution < 1.29 is 31.5 Å². The number of fused-ring (bicyclic) bond motifs is 1. The van der Waals surface area contributed by atoms with Crippen LogP contribution in [0.15, 0.2) is 36.4 Å². The van der Waals surface area contributed by atoms with Gasteiger partial charge >= 0.3 is 0 Å². The molecule has 1 aliphatic heterocycles. The van der Waals surface area contributed by atoms with Crippen LogP contribution in [0.1, 0.15) is 18.5 Å². The van der Waals surface area contributed by atoms with Crippen molar-refractivity contribution in [3.8, 4) is 11.5 Å².